The number of carbonyl (C=O) groups is 2. The fourth-order valence-corrected chi connectivity index (χ4v) is 1.79. The molecule has 0 saturated heterocycles. The Balaban J connectivity index is 2.68. The third-order valence-corrected chi connectivity index (χ3v) is 2.90. The molecule has 0 aromatic carbocycles. The van der Waals surface area contributed by atoms with Crippen LogP contribution in [0.25, 0.3) is 6.08 Å². The van der Waals surface area contributed by atoms with Gasteiger partial charge >= 0.3 is 5.97 Å². The minimum atomic E-state index is -1.02. The zero-order chi connectivity index (χ0) is 15.0. The fraction of sp³-hybridized carbons (Fsp3) is 0.400. The summed E-state index contributed by atoms with van der Waals surface area (Å²) in [6, 6.07) is 3.43. The Bertz CT molecular complexity index is 480. The zero-order valence-corrected chi connectivity index (χ0v) is 11.8. The fourth-order valence-electron chi connectivity index (χ4n) is 1.79. The van der Waals surface area contributed by atoms with Crippen LogP contribution in [0.5, 0.6) is 0 Å². The first-order valence-corrected chi connectivity index (χ1v) is 6.74. The lowest BCUT2D eigenvalue weighted by Gasteiger charge is -2.15. The van der Waals surface area contributed by atoms with Gasteiger partial charge in [0.2, 0.25) is 0 Å². The number of rotatable bonds is 7. The van der Waals surface area contributed by atoms with E-state index < -0.39 is 5.97 Å². The highest BCUT2D eigenvalue weighted by Gasteiger charge is 2.12. The van der Waals surface area contributed by atoms with Crippen molar-refractivity contribution in [3.05, 3.63) is 35.7 Å². The lowest BCUT2D eigenvalue weighted by atomic mass is 10.1. The topological polar surface area (TPSA) is 79.3 Å². The van der Waals surface area contributed by atoms with Crippen LogP contribution in [-0.2, 0) is 4.79 Å². The van der Waals surface area contributed by atoms with E-state index in [-0.39, 0.29) is 11.9 Å². The molecule has 1 aromatic heterocycles. The van der Waals surface area contributed by atoms with Crippen LogP contribution in [0.15, 0.2) is 24.4 Å². The summed E-state index contributed by atoms with van der Waals surface area (Å²) in [5, 5.41) is 11.5. The minimum absolute atomic E-state index is 0.167. The van der Waals surface area contributed by atoms with E-state index in [2.05, 4.69) is 17.2 Å². The van der Waals surface area contributed by atoms with E-state index in [1.807, 2.05) is 6.92 Å². The lowest BCUT2D eigenvalue weighted by Crippen LogP contribution is -2.34. The van der Waals surface area contributed by atoms with Gasteiger partial charge in [0.15, 0.2) is 0 Å². The Morgan fingerprint density at radius 2 is 2.15 bits per heavy atom. The van der Waals surface area contributed by atoms with Crippen LogP contribution in [-0.4, -0.2) is 28.0 Å². The number of carbonyl (C=O) groups excluding carboxylic acids is 1. The van der Waals surface area contributed by atoms with Gasteiger partial charge in [-0.25, -0.2) is 4.79 Å². The summed E-state index contributed by atoms with van der Waals surface area (Å²) in [5.41, 5.74) is 0.983. The maximum Gasteiger partial charge on any atom is 0.328 e. The number of amides is 1. The molecule has 2 N–H and O–H groups in total. The average molecular weight is 276 g/mol. The van der Waals surface area contributed by atoms with Crippen molar-refractivity contribution in [1.29, 1.82) is 0 Å². The van der Waals surface area contributed by atoms with E-state index in [1.54, 1.807) is 12.1 Å². The van der Waals surface area contributed by atoms with Gasteiger partial charge in [-0.15, -0.1) is 0 Å². The van der Waals surface area contributed by atoms with Crippen LogP contribution < -0.4 is 5.32 Å². The molecule has 1 unspecified atom stereocenters. The summed E-state index contributed by atoms with van der Waals surface area (Å²) < 4.78 is 0. The molecule has 0 spiro atoms. The molecule has 5 heteroatoms. The van der Waals surface area contributed by atoms with Crippen molar-refractivity contribution in [1.82, 2.24) is 10.3 Å². The first-order valence-electron chi connectivity index (χ1n) is 6.74. The number of aromatic nitrogens is 1. The van der Waals surface area contributed by atoms with Gasteiger partial charge in [-0.05, 0) is 30.5 Å². The van der Waals surface area contributed by atoms with Gasteiger partial charge in [0, 0.05) is 18.3 Å². The Hall–Kier alpha value is -2.17. The Kier molecular flexibility index (Phi) is 6.43. The maximum absolute atomic E-state index is 12.0. The largest absolute Gasteiger partial charge is 0.478 e. The quantitative estimate of drug-likeness (QED) is 0.750. The van der Waals surface area contributed by atoms with Crippen LogP contribution in [0.4, 0.5) is 0 Å². The third-order valence-electron chi connectivity index (χ3n) is 2.90. The molecule has 1 amide bonds. The molecule has 0 aliphatic carbocycles. The number of carboxylic acids is 1. The second-order valence-corrected chi connectivity index (χ2v) is 4.52. The predicted molar refractivity (Wildman–Crippen MR) is 77.4 cm³/mol. The van der Waals surface area contributed by atoms with Gasteiger partial charge < -0.3 is 10.4 Å². The summed E-state index contributed by atoms with van der Waals surface area (Å²) in [6.07, 6.45) is 6.80. The Morgan fingerprint density at radius 1 is 1.40 bits per heavy atom. The maximum atomic E-state index is 12.0. The van der Waals surface area contributed by atoms with Crippen molar-refractivity contribution in [2.24, 2.45) is 0 Å². The van der Waals surface area contributed by atoms with Crippen LogP contribution in [0.3, 0.4) is 0 Å². The number of aliphatic carboxylic acids is 1. The first-order chi connectivity index (χ1) is 9.56. The third kappa shape index (κ3) is 5.22. The second kappa shape index (κ2) is 8.09. The van der Waals surface area contributed by atoms with Crippen LogP contribution in [0.1, 0.15) is 49.2 Å². The second-order valence-electron chi connectivity index (χ2n) is 4.52. The van der Waals surface area contributed by atoms with E-state index in [0.29, 0.717) is 11.3 Å². The van der Waals surface area contributed by atoms with Crippen LogP contribution in [0, 0.1) is 0 Å². The number of nitrogens with zero attached hydrogens (tertiary/aromatic N) is 1. The first kappa shape index (κ1) is 15.9. The molecular weight excluding hydrogens is 256 g/mol. The molecule has 0 fully saturated rings. The summed E-state index contributed by atoms with van der Waals surface area (Å²) in [6.45, 7) is 4.12. The highest BCUT2D eigenvalue weighted by Crippen LogP contribution is 2.05. The number of hydrogen-bond donors (Lipinski definition) is 2. The van der Waals surface area contributed by atoms with Crippen molar-refractivity contribution in [3.8, 4) is 0 Å². The standard InChI is InChI=1S/C15H20N2O3/c1-3-5-12(4-2)17-15(20)13-8-6-11(10-16-13)7-9-14(18)19/h6-10,12H,3-5H2,1-2H3,(H,17,20)(H,18,19). The predicted octanol–water partition coefficient (Wildman–Crippen LogP) is 2.49. The highest BCUT2D eigenvalue weighted by molar-refractivity contribution is 5.92. The minimum Gasteiger partial charge on any atom is -0.478 e. The number of hydrogen-bond acceptors (Lipinski definition) is 3. The van der Waals surface area contributed by atoms with Gasteiger partial charge in [-0.3, -0.25) is 9.78 Å². The number of nitrogens with one attached hydrogen (secondary N) is 1. The summed E-state index contributed by atoms with van der Waals surface area (Å²) in [4.78, 5) is 26.4. The van der Waals surface area contributed by atoms with Gasteiger partial charge in [0.1, 0.15) is 5.69 Å². The molecule has 1 aromatic rings. The molecule has 0 bridgehead atoms. The molecule has 1 heterocycles. The molecule has 0 saturated carbocycles. The molecule has 0 radical (unpaired) electrons. The lowest BCUT2D eigenvalue weighted by molar-refractivity contribution is -0.131. The van der Waals surface area contributed by atoms with E-state index in [0.717, 1.165) is 25.3 Å². The zero-order valence-electron chi connectivity index (χ0n) is 11.8. The molecule has 5 nitrogen and oxygen atoms in total. The van der Waals surface area contributed by atoms with Crippen LogP contribution >= 0.6 is 0 Å². The van der Waals surface area contributed by atoms with Crippen molar-refractivity contribution in [2.75, 3.05) is 0 Å². The van der Waals surface area contributed by atoms with Gasteiger partial charge in [-0.2, -0.15) is 0 Å². The monoisotopic (exact) mass is 276 g/mol. The normalized spacial score (nSPS) is 12.3. The molecule has 108 valence electrons. The molecule has 0 aliphatic heterocycles. The highest BCUT2D eigenvalue weighted by atomic mass is 16.4. The number of carboxylic acid groups (broad SMARTS) is 1. The molecular formula is C15H20N2O3. The van der Waals surface area contributed by atoms with Gasteiger partial charge in [-0.1, -0.05) is 26.3 Å². The number of pyridine rings is 1. The summed E-state index contributed by atoms with van der Waals surface area (Å²) in [5.74, 6) is -1.21. The van der Waals surface area contributed by atoms with Crippen LogP contribution in [0.2, 0.25) is 0 Å². The molecule has 1 rings (SSSR count). The smallest absolute Gasteiger partial charge is 0.328 e. The summed E-state index contributed by atoms with van der Waals surface area (Å²) in [7, 11) is 0. The van der Waals surface area contributed by atoms with Gasteiger partial charge in [0.05, 0.1) is 0 Å². The molecule has 0 aliphatic rings. The van der Waals surface area contributed by atoms with E-state index in [4.69, 9.17) is 5.11 Å². The van der Waals surface area contributed by atoms with Crippen molar-refractivity contribution in [3.63, 3.8) is 0 Å². The van der Waals surface area contributed by atoms with Gasteiger partial charge in [0.25, 0.3) is 5.91 Å². The van der Waals surface area contributed by atoms with Crippen molar-refractivity contribution in [2.45, 2.75) is 39.2 Å². The molecule has 1 atom stereocenters. The Morgan fingerprint density at radius 3 is 2.65 bits per heavy atom. The van der Waals surface area contributed by atoms with E-state index >= 15 is 0 Å². The van der Waals surface area contributed by atoms with E-state index in [1.165, 1.54) is 12.3 Å². The van der Waals surface area contributed by atoms with Crippen molar-refractivity contribution >= 4 is 18.0 Å². The van der Waals surface area contributed by atoms with Crippen molar-refractivity contribution < 1.29 is 14.7 Å². The average Bonchev–Trinajstić information content (AvgIpc) is 2.45. The summed E-state index contributed by atoms with van der Waals surface area (Å²) >= 11 is 0. The Labute approximate surface area is 118 Å². The molecule has 20 heavy (non-hydrogen) atoms. The SMILES string of the molecule is CCCC(CC)NC(=O)c1ccc(C=CC(=O)O)cn1. The van der Waals surface area contributed by atoms with E-state index in [9.17, 15) is 9.59 Å².